The van der Waals surface area contributed by atoms with E-state index in [9.17, 15) is 0 Å². The molecule has 0 saturated carbocycles. The fourth-order valence-electron chi connectivity index (χ4n) is 1.92. The molecule has 3 aromatic rings. The van der Waals surface area contributed by atoms with Crippen LogP contribution >= 0.6 is 0 Å². The maximum Gasteiger partial charge on any atom is 0.214 e. The van der Waals surface area contributed by atoms with Crippen molar-refractivity contribution in [1.82, 2.24) is 15.0 Å². The molecule has 0 aliphatic carbocycles. The van der Waals surface area contributed by atoms with E-state index in [1.54, 1.807) is 6.20 Å². The number of benzene rings is 1. The summed E-state index contributed by atoms with van der Waals surface area (Å²) < 4.78 is 5.72. The first kappa shape index (κ1) is 13.2. The number of aromatic nitrogens is 3. The molecule has 0 spiro atoms. The number of hydrogen-bond acceptors (Lipinski definition) is 4. The van der Waals surface area contributed by atoms with E-state index in [4.69, 9.17) is 4.74 Å². The number of aryl methyl sites for hydroxylation is 1. The average molecular weight is 277 g/mol. The Morgan fingerprint density at radius 3 is 2.57 bits per heavy atom. The highest BCUT2D eigenvalue weighted by Crippen LogP contribution is 2.17. The minimum absolute atomic E-state index is 0.492. The quantitative estimate of drug-likeness (QED) is 0.733. The normalized spacial score (nSPS) is 10.3. The number of rotatable bonds is 4. The molecule has 0 amide bonds. The predicted octanol–water partition coefficient (Wildman–Crippen LogP) is 3.43. The van der Waals surface area contributed by atoms with E-state index in [-0.39, 0.29) is 0 Å². The van der Waals surface area contributed by atoms with Gasteiger partial charge in [0, 0.05) is 18.0 Å². The molecule has 4 heteroatoms. The summed E-state index contributed by atoms with van der Waals surface area (Å²) in [5.41, 5.74) is 2.73. The van der Waals surface area contributed by atoms with Gasteiger partial charge in [0.2, 0.25) is 5.88 Å². The number of hydrogen-bond donors (Lipinski definition) is 0. The molecule has 0 aliphatic rings. The maximum absolute atomic E-state index is 5.72. The van der Waals surface area contributed by atoms with E-state index in [0.29, 0.717) is 24.0 Å². The summed E-state index contributed by atoms with van der Waals surface area (Å²) in [6.45, 7) is 2.42. The lowest BCUT2D eigenvalue weighted by atomic mass is 10.2. The van der Waals surface area contributed by atoms with Crippen LogP contribution in [0.4, 0.5) is 0 Å². The van der Waals surface area contributed by atoms with Gasteiger partial charge in [-0.3, -0.25) is 0 Å². The summed E-state index contributed by atoms with van der Waals surface area (Å²) in [5, 5.41) is 0. The van der Waals surface area contributed by atoms with E-state index in [2.05, 4.69) is 15.0 Å². The van der Waals surface area contributed by atoms with Gasteiger partial charge < -0.3 is 4.74 Å². The molecule has 2 heterocycles. The van der Waals surface area contributed by atoms with Crippen molar-refractivity contribution in [3.8, 4) is 17.4 Å². The average Bonchev–Trinajstić information content (AvgIpc) is 2.54. The summed E-state index contributed by atoms with van der Waals surface area (Å²) in [6, 6.07) is 17.5. The Morgan fingerprint density at radius 2 is 1.76 bits per heavy atom. The maximum atomic E-state index is 5.72. The van der Waals surface area contributed by atoms with Gasteiger partial charge in [0.1, 0.15) is 12.3 Å². The largest absolute Gasteiger partial charge is 0.473 e. The van der Waals surface area contributed by atoms with E-state index < -0.39 is 0 Å². The zero-order valence-corrected chi connectivity index (χ0v) is 11.7. The SMILES string of the molecule is Cc1ccnc(-c2cccc(OCc3ccccc3)n2)n1. The van der Waals surface area contributed by atoms with Crippen LogP contribution < -0.4 is 4.74 Å². The van der Waals surface area contributed by atoms with Crippen LogP contribution in [0.2, 0.25) is 0 Å². The van der Waals surface area contributed by atoms with Crippen LogP contribution in [0.15, 0.2) is 60.8 Å². The third-order valence-electron chi connectivity index (χ3n) is 2.98. The summed E-state index contributed by atoms with van der Waals surface area (Å²) in [5.74, 6) is 1.18. The summed E-state index contributed by atoms with van der Waals surface area (Å²) in [7, 11) is 0. The van der Waals surface area contributed by atoms with Crippen LogP contribution in [0.25, 0.3) is 11.5 Å². The standard InChI is InChI=1S/C17H15N3O/c1-13-10-11-18-17(19-13)15-8-5-9-16(20-15)21-12-14-6-3-2-4-7-14/h2-11H,12H2,1H3. The summed E-state index contributed by atoms with van der Waals surface area (Å²) in [6.07, 6.45) is 1.73. The smallest absolute Gasteiger partial charge is 0.214 e. The Bertz CT molecular complexity index is 729. The van der Waals surface area contributed by atoms with E-state index >= 15 is 0 Å². The van der Waals surface area contributed by atoms with Crippen molar-refractivity contribution >= 4 is 0 Å². The van der Waals surface area contributed by atoms with Gasteiger partial charge in [-0.1, -0.05) is 36.4 Å². The molecule has 4 nitrogen and oxygen atoms in total. The van der Waals surface area contributed by atoms with E-state index in [0.717, 1.165) is 11.3 Å². The van der Waals surface area contributed by atoms with Crippen molar-refractivity contribution in [2.45, 2.75) is 13.5 Å². The minimum atomic E-state index is 0.492. The highest BCUT2D eigenvalue weighted by atomic mass is 16.5. The van der Waals surface area contributed by atoms with Gasteiger partial charge in [0.05, 0.1) is 0 Å². The lowest BCUT2D eigenvalue weighted by Gasteiger charge is -2.07. The molecular formula is C17H15N3O. The van der Waals surface area contributed by atoms with Crippen LogP contribution in [0.5, 0.6) is 5.88 Å². The second kappa shape index (κ2) is 6.13. The first-order valence-corrected chi connectivity index (χ1v) is 6.75. The Hall–Kier alpha value is -2.75. The van der Waals surface area contributed by atoms with Gasteiger partial charge in [-0.05, 0) is 24.6 Å². The molecule has 2 aromatic heterocycles. The second-order valence-electron chi connectivity index (χ2n) is 4.66. The fraction of sp³-hybridized carbons (Fsp3) is 0.118. The molecule has 3 rings (SSSR count). The lowest BCUT2D eigenvalue weighted by molar-refractivity contribution is 0.294. The minimum Gasteiger partial charge on any atom is -0.473 e. The highest BCUT2D eigenvalue weighted by Gasteiger charge is 2.05. The highest BCUT2D eigenvalue weighted by molar-refractivity contribution is 5.49. The Balaban J connectivity index is 1.77. The first-order chi connectivity index (χ1) is 10.3. The van der Waals surface area contributed by atoms with Gasteiger partial charge in [0.15, 0.2) is 5.82 Å². The molecule has 104 valence electrons. The van der Waals surface area contributed by atoms with E-state index in [1.807, 2.05) is 61.5 Å². The molecule has 0 fully saturated rings. The summed E-state index contributed by atoms with van der Waals surface area (Å²) >= 11 is 0. The van der Waals surface area contributed by atoms with E-state index in [1.165, 1.54) is 0 Å². The molecule has 0 N–H and O–H groups in total. The Labute approximate surface area is 123 Å². The van der Waals surface area contributed by atoms with Gasteiger partial charge in [0.25, 0.3) is 0 Å². The monoisotopic (exact) mass is 277 g/mol. The molecule has 1 aromatic carbocycles. The number of pyridine rings is 1. The van der Waals surface area contributed by atoms with Crippen molar-refractivity contribution in [2.24, 2.45) is 0 Å². The van der Waals surface area contributed by atoms with Crippen molar-refractivity contribution in [3.63, 3.8) is 0 Å². The summed E-state index contributed by atoms with van der Waals surface area (Å²) in [4.78, 5) is 13.1. The van der Waals surface area contributed by atoms with Crippen LogP contribution in [-0.2, 0) is 6.61 Å². The predicted molar refractivity (Wildman–Crippen MR) is 80.8 cm³/mol. The molecule has 0 atom stereocenters. The molecule has 0 unspecified atom stereocenters. The van der Waals surface area contributed by atoms with Crippen molar-refractivity contribution in [1.29, 1.82) is 0 Å². The Morgan fingerprint density at radius 1 is 0.905 bits per heavy atom. The number of ether oxygens (including phenoxy) is 1. The van der Waals surface area contributed by atoms with Crippen LogP contribution in [0, 0.1) is 6.92 Å². The van der Waals surface area contributed by atoms with Crippen LogP contribution in [0.3, 0.4) is 0 Å². The number of nitrogens with zero attached hydrogens (tertiary/aromatic N) is 3. The van der Waals surface area contributed by atoms with Crippen LogP contribution in [0.1, 0.15) is 11.3 Å². The lowest BCUT2D eigenvalue weighted by Crippen LogP contribution is -1.99. The molecule has 0 saturated heterocycles. The third kappa shape index (κ3) is 3.42. The Kier molecular flexibility index (Phi) is 3.87. The van der Waals surface area contributed by atoms with Gasteiger partial charge in [-0.15, -0.1) is 0 Å². The van der Waals surface area contributed by atoms with Crippen molar-refractivity contribution in [2.75, 3.05) is 0 Å². The third-order valence-corrected chi connectivity index (χ3v) is 2.98. The van der Waals surface area contributed by atoms with Gasteiger partial charge in [-0.25, -0.2) is 15.0 Å². The zero-order valence-electron chi connectivity index (χ0n) is 11.7. The van der Waals surface area contributed by atoms with Crippen molar-refractivity contribution in [3.05, 3.63) is 72.1 Å². The molecule has 0 radical (unpaired) electrons. The molecule has 0 aliphatic heterocycles. The fourth-order valence-corrected chi connectivity index (χ4v) is 1.92. The first-order valence-electron chi connectivity index (χ1n) is 6.75. The molecular weight excluding hydrogens is 262 g/mol. The molecule has 0 bridgehead atoms. The topological polar surface area (TPSA) is 47.9 Å². The molecule has 21 heavy (non-hydrogen) atoms. The van der Waals surface area contributed by atoms with Crippen molar-refractivity contribution < 1.29 is 4.74 Å². The van der Waals surface area contributed by atoms with Gasteiger partial charge in [-0.2, -0.15) is 0 Å². The van der Waals surface area contributed by atoms with Crippen LogP contribution in [-0.4, -0.2) is 15.0 Å². The second-order valence-corrected chi connectivity index (χ2v) is 4.66. The van der Waals surface area contributed by atoms with Gasteiger partial charge >= 0.3 is 0 Å². The zero-order chi connectivity index (χ0) is 14.5.